The summed E-state index contributed by atoms with van der Waals surface area (Å²) in [7, 11) is 0. The van der Waals surface area contributed by atoms with Gasteiger partial charge in [0.05, 0.1) is 0 Å². The first-order valence-electron chi connectivity index (χ1n) is 7.43. The molecule has 4 heteroatoms. The zero-order valence-electron chi connectivity index (χ0n) is 12.3. The second-order valence-corrected chi connectivity index (χ2v) is 7.57. The predicted molar refractivity (Wildman–Crippen MR) is 72.0 cm³/mol. The molecule has 3 fully saturated rings. The van der Waals surface area contributed by atoms with Crippen LogP contribution in [0.2, 0.25) is 0 Å². The van der Waals surface area contributed by atoms with E-state index < -0.39 is 5.60 Å². The minimum atomic E-state index is -0.395. The molecule has 4 nitrogen and oxygen atoms in total. The van der Waals surface area contributed by atoms with Crippen LogP contribution in [0.5, 0.6) is 0 Å². The van der Waals surface area contributed by atoms with Crippen LogP contribution in [0.4, 0.5) is 4.79 Å². The van der Waals surface area contributed by atoms with Gasteiger partial charge >= 0.3 is 6.09 Å². The van der Waals surface area contributed by atoms with E-state index in [-0.39, 0.29) is 11.6 Å². The van der Waals surface area contributed by atoms with Crippen LogP contribution < -0.4 is 0 Å². The molecule has 0 radical (unpaired) electrons. The highest BCUT2D eigenvalue weighted by Crippen LogP contribution is 2.61. The number of hydrogen-bond acceptors (Lipinski definition) is 3. The molecule has 2 heterocycles. The van der Waals surface area contributed by atoms with E-state index in [1.165, 1.54) is 0 Å². The van der Waals surface area contributed by atoms with Crippen molar-refractivity contribution < 1.29 is 14.3 Å². The Morgan fingerprint density at radius 2 is 1.79 bits per heavy atom. The lowest BCUT2D eigenvalue weighted by molar-refractivity contribution is -0.169. The summed E-state index contributed by atoms with van der Waals surface area (Å²) < 4.78 is 11.0. The first-order chi connectivity index (χ1) is 8.84. The van der Waals surface area contributed by atoms with Crippen LogP contribution in [0.3, 0.4) is 0 Å². The lowest BCUT2D eigenvalue weighted by Crippen LogP contribution is -2.72. The summed E-state index contributed by atoms with van der Waals surface area (Å²) in [5, 5.41) is 0. The van der Waals surface area contributed by atoms with Crippen molar-refractivity contribution in [1.82, 2.24) is 4.90 Å². The number of hydrogen-bond donors (Lipinski definition) is 0. The lowest BCUT2D eigenvalue weighted by Gasteiger charge is -2.66. The standard InChI is InChI=1S/C15H25NO3/c1-13(2,3)19-12(17)16-7-4-15(16)10-14(11-15)5-8-18-9-6-14/h4-11H2,1-3H3. The number of carbonyl (C=O) groups excluding carboxylic acids is 1. The minimum Gasteiger partial charge on any atom is -0.444 e. The first-order valence-corrected chi connectivity index (χ1v) is 7.43. The fourth-order valence-corrected chi connectivity index (χ4v) is 4.01. The van der Waals surface area contributed by atoms with Gasteiger partial charge in [0.15, 0.2) is 0 Å². The van der Waals surface area contributed by atoms with Crippen molar-refractivity contribution in [3.8, 4) is 0 Å². The van der Waals surface area contributed by atoms with Crippen LogP contribution in [0.15, 0.2) is 0 Å². The molecule has 0 bridgehead atoms. The van der Waals surface area contributed by atoms with Gasteiger partial charge in [-0.05, 0) is 58.3 Å². The molecule has 2 spiro atoms. The molecule has 0 N–H and O–H groups in total. The lowest BCUT2D eigenvalue weighted by atomic mass is 9.50. The highest BCUT2D eigenvalue weighted by Gasteiger charge is 2.62. The number of likely N-dealkylation sites (tertiary alicyclic amines) is 1. The number of amides is 1. The van der Waals surface area contributed by atoms with E-state index in [0.717, 1.165) is 51.9 Å². The molecule has 1 saturated carbocycles. The summed E-state index contributed by atoms with van der Waals surface area (Å²) in [6, 6.07) is 0. The molecule has 0 aromatic rings. The fraction of sp³-hybridized carbons (Fsp3) is 0.933. The number of carbonyl (C=O) groups is 1. The highest BCUT2D eigenvalue weighted by atomic mass is 16.6. The minimum absolute atomic E-state index is 0.124. The zero-order valence-corrected chi connectivity index (χ0v) is 12.3. The third-order valence-corrected chi connectivity index (χ3v) is 4.95. The summed E-state index contributed by atoms with van der Waals surface area (Å²) in [6.45, 7) is 8.43. The Kier molecular flexibility index (Phi) is 2.86. The summed E-state index contributed by atoms with van der Waals surface area (Å²) in [4.78, 5) is 14.2. The van der Waals surface area contributed by atoms with Crippen molar-refractivity contribution >= 4 is 6.09 Å². The van der Waals surface area contributed by atoms with Crippen LogP contribution in [-0.2, 0) is 9.47 Å². The van der Waals surface area contributed by atoms with E-state index in [0.29, 0.717) is 5.41 Å². The van der Waals surface area contributed by atoms with E-state index in [1.807, 2.05) is 25.7 Å². The highest BCUT2D eigenvalue weighted by molar-refractivity contribution is 5.71. The summed E-state index contributed by atoms with van der Waals surface area (Å²) >= 11 is 0. The maximum atomic E-state index is 12.2. The molecule has 0 aromatic carbocycles. The molecule has 1 amide bonds. The quantitative estimate of drug-likeness (QED) is 0.677. The third-order valence-electron chi connectivity index (χ3n) is 4.95. The molecule has 19 heavy (non-hydrogen) atoms. The van der Waals surface area contributed by atoms with Gasteiger partial charge < -0.3 is 14.4 Å². The third kappa shape index (κ3) is 2.24. The molecule has 3 aliphatic rings. The molecule has 2 saturated heterocycles. The molecular formula is C15H25NO3. The molecule has 108 valence electrons. The molecule has 0 aromatic heterocycles. The van der Waals surface area contributed by atoms with Gasteiger partial charge in [0.2, 0.25) is 0 Å². The van der Waals surface area contributed by atoms with E-state index in [4.69, 9.17) is 9.47 Å². The molecule has 0 unspecified atom stereocenters. The van der Waals surface area contributed by atoms with Gasteiger partial charge in [-0.25, -0.2) is 4.79 Å². The topological polar surface area (TPSA) is 38.8 Å². The Bertz CT molecular complexity index is 371. The fourth-order valence-electron chi connectivity index (χ4n) is 4.01. The van der Waals surface area contributed by atoms with Crippen LogP contribution in [0.1, 0.15) is 52.9 Å². The molecule has 2 aliphatic heterocycles. The number of rotatable bonds is 0. The molecule has 3 rings (SSSR count). The Morgan fingerprint density at radius 1 is 1.16 bits per heavy atom. The van der Waals surface area contributed by atoms with E-state index >= 15 is 0 Å². The Morgan fingerprint density at radius 3 is 2.26 bits per heavy atom. The average Bonchev–Trinajstić information content (AvgIpc) is 2.22. The van der Waals surface area contributed by atoms with Crippen molar-refractivity contribution in [3.63, 3.8) is 0 Å². The first kappa shape index (κ1) is 13.2. The largest absolute Gasteiger partial charge is 0.444 e. The smallest absolute Gasteiger partial charge is 0.410 e. The maximum Gasteiger partial charge on any atom is 0.410 e. The second kappa shape index (κ2) is 4.11. The van der Waals surface area contributed by atoms with Crippen LogP contribution in [0.25, 0.3) is 0 Å². The maximum absolute atomic E-state index is 12.2. The normalized spacial score (nSPS) is 27.8. The summed E-state index contributed by atoms with van der Waals surface area (Å²) in [5.74, 6) is 0. The van der Waals surface area contributed by atoms with Gasteiger partial charge in [-0.2, -0.15) is 0 Å². The predicted octanol–water partition coefficient (Wildman–Crippen LogP) is 2.96. The monoisotopic (exact) mass is 267 g/mol. The number of nitrogens with zero attached hydrogens (tertiary/aromatic N) is 1. The van der Waals surface area contributed by atoms with Gasteiger partial charge in [-0.3, -0.25) is 0 Å². The Hall–Kier alpha value is -0.770. The van der Waals surface area contributed by atoms with Gasteiger partial charge in [0, 0.05) is 25.3 Å². The van der Waals surface area contributed by atoms with Crippen molar-refractivity contribution in [1.29, 1.82) is 0 Å². The zero-order chi connectivity index (χ0) is 13.7. The van der Waals surface area contributed by atoms with Crippen molar-refractivity contribution in [2.75, 3.05) is 19.8 Å². The Balaban J connectivity index is 1.60. The van der Waals surface area contributed by atoms with Crippen LogP contribution >= 0.6 is 0 Å². The van der Waals surface area contributed by atoms with Gasteiger partial charge in [0.25, 0.3) is 0 Å². The van der Waals surface area contributed by atoms with Crippen molar-refractivity contribution in [2.24, 2.45) is 5.41 Å². The average molecular weight is 267 g/mol. The molecule has 0 atom stereocenters. The van der Waals surface area contributed by atoms with Crippen molar-refractivity contribution in [3.05, 3.63) is 0 Å². The van der Waals surface area contributed by atoms with Crippen molar-refractivity contribution in [2.45, 2.75) is 64.0 Å². The number of ether oxygens (including phenoxy) is 2. The summed E-state index contributed by atoms with van der Waals surface area (Å²) in [6.07, 6.45) is 5.66. The van der Waals surface area contributed by atoms with Gasteiger partial charge in [-0.1, -0.05) is 0 Å². The Labute approximate surface area is 115 Å². The van der Waals surface area contributed by atoms with E-state index in [9.17, 15) is 4.79 Å². The van der Waals surface area contributed by atoms with E-state index in [2.05, 4.69) is 0 Å². The van der Waals surface area contributed by atoms with Gasteiger partial charge in [-0.15, -0.1) is 0 Å². The molecular weight excluding hydrogens is 242 g/mol. The van der Waals surface area contributed by atoms with Crippen LogP contribution in [-0.4, -0.2) is 41.9 Å². The summed E-state index contributed by atoms with van der Waals surface area (Å²) in [5.41, 5.74) is 0.187. The van der Waals surface area contributed by atoms with E-state index in [1.54, 1.807) is 0 Å². The second-order valence-electron chi connectivity index (χ2n) is 7.57. The molecule has 1 aliphatic carbocycles. The van der Waals surface area contributed by atoms with Crippen LogP contribution in [0, 0.1) is 5.41 Å². The SMILES string of the molecule is CC(C)(C)OC(=O)N1CCC12CC1(CCOCC1)C2. The van der Waals surface area contributed by atoms with Gasteiger partial charge in [0.1, 0.15) is 5.60 Å².